The first-order valence-electron chi connectivity index (χ1n) is 7.03. The van der Waals surface area contributed by atoms with Crippen molar-refractivity contribution in [2.75, 3.05) is 26.5 Å². The Balaban J connectivity index is 2.42. The van der Waals surface area contributed by atoms with Gasteiger partial charge >= 0.3 is 0 Å². The molecular weight excluding hydrogens is 479 g/mol. The summed E-state index contributed by atoms with van der Waals surface area (Å²) in [6.45, 7) is 0. The number of carbonyl (C=O) groups is 1. The largest absolute Gasteiger partial charge is 0.495 e. The summed E-state index contributed by atoms with van der Waals surface area (Å²) in [6, 6.07) is 9.18. The van der Waals surface area contributed by atoms with Gasteiger partial charge in [-0.05, 0) is 59.0 Å². The molecule has 25 heavy (non-hydrogen) atoms. The van der Waals surface area contributed by atoms with Crippen molar-refractivity contribution in [1.82, 2.24) is 4.31 Å². The normalized spacial score (nSPS) is 11.4. The smallest absolute Gasteiger partial charge is 0.256 e. The van der Waals surface area contributed by atoms with Crippen molar-refractivity contribution in [2.24, 2.45) is 0 Å². The summed E-state index contributed by atoms with van der Waals surface area (Å²) in [5, 5.41) is 3.22. The minimum absolute atomic E-state index is 0.0550. The third-order valence-electron chi connectivity index (χ3n) is 3.37. The van der Waals surface area contributed by atoms with Crippen LogP contribution in [0, 0.1) is 3.57 Å². The lowest BCUT2D eigenvalue weighted by atomic mass is 10.2. The Hall–Kier alpha value is -1.36. The molecule has 0 radical (unpaired) electrons. The second-order valence-corrected chi connectivity index (χ2v) is 8.98. The predicted molar refractivity (Wildman–Crippen MR) is 106 cm³/mol. The van der Waals surface area contributed by atoms with E-state index in [9.17, 15) is 13.2 Å². The molecule has 1 N–H and O–H groups in total. The van der Waals surface area contributed by atoms with Gasteiger partial charge in [-0.25, -0.2) is 12.7 Å². The highest BCUT2D eigenvalue weighted by Crippen LogP contribution is 2.29. The van der Waals surface area contributed by atoms with Gasteiger partial charge in [0.1, 0.15) is 5.75 Å². The van der Waals surface area contributed by atoms with Crippen LogP contribution in [0.25, 0.3) is 0 Å². The first-order valence-corrected chi connectivity index (χ1v) is 9.93. The van der Waals surface area contributed by atoms with Gasteiger partial charge in [0, 0.05) is 22.7 Å². The number of ether oxygens (including phenoxy) is 1. The van der Waals surface area contributed by atoms with Gasteiger partial charge in [-0.1, -0.05) is 11.6 Å². The molecule has 2 aromatic carbocycles. The zero-order valence-corrected chi connectivity index (χ0v) is 17.4. The van der Waals surface area contributed by atoms with E-state index in [4.69, 9.17) is 16.3 Å². The molecule has 1 amide bonds. The first kappa shape index (κ1) is 20.0. The molecule has 2 aromatic rings. The van der Waals surface area contributed by atoms with Crippen LogP contribution < -0.4 is 10.1 Å². The van der Waals surface area contributed by atoms with E-state index in [1.54, 1.807) is 18.2 Å². The Morgan fingerprint density at radius 2 is 1.88 bits per heavy atom. The van der Waals surface area contributed by atoms with Gasteiger partial charge in [0.05, 0.1) is 23.3 Å². The van der Waals surface area contributed by atoms with Gasteiger partial charge in [-0.15, -0.1) is 0 Å². The Morgan fingerprint density at radius 3 is 2.44 bits per heavy atom. The third kappa shape index (κ3) is 4.43. The molecule has 2 rings (SSSR count). The average Bonchev–Trinajstić information content (AvgIpc) is 2.54. The summed E-state index contributed by atoms with van der Waals surface area (Å²) >= 11 is 7.91. The second kappa shape index (κ2) is 7.90. The van der Waals surface area contributed by atoms with Crippen LogP contribution in [0.2, 0.25) is 5.02 Å². The molecule has 9 heteroatoms. The van der Waals surface area contributed by atoms with E-state index < -0.39 is 15.9 Å². The zero-order chi connectivity index (χ0) is 18.8. The number of benzene rings is 2. The summed E-state index contributed by atoms with van der Waals surface area (Å²) in [4.78, 5) is 12.6. The molecule has 0 saturated heterocycles. The maximum atomic E-state index is 12.5. The molecule has 0 fully saturated rings. The van der Waals surface area contributed by atoms with Crippen LogP contribution in [-0.4, -0.2) is 39.8 Å². The van der Waals surface area contributed by atoms with Crippen molar-refractivity contribution < 1.29 is 17.9 Å². The van der Waals surface area contributed by atoms with Gasteiger partial charge in [-0.3, -0.25) is 4.79 Å². The fourth-order valence-corrected chi connectivity index (χ4v) is 4.06. The predicted octanol–water partition coefficient (Wildman–Crippen LogP) is 3.46. The van der Waals surface area contributed by atoms with Crippen LogP contribution in [0.4, 0.5) is 5.69 Å². The Morgan fingerprint density at radius 1 is 1.20 bits per heavy atom. The molecule has 0 aliphatic heterocycles. The molecule has 0 unspecified atom stereocenters. The van der Waals surface area contributed by atoms with Crippen LogP contribution in [0.5, 0.6) is 5.75 Å². The number of anilines is 1. The molecule has 0 saturated carbocycles. The number of amides is 1. The van der Waals surface area contributed by atoms with Crippen LogP contribution >= 0.6 is 34.2 Å². The van der Waals surface area contributed by atoms with Gasteiger partial charge in [0.15, 0.2) is 0 Å². The fourth-order valence-electron chi connectivity index (χ4n) is 2.02. The van der Waals surface area contributed by atoms with E-state index >= 15 is 0 Å². The summed E-state index contributed by atoms with van der Waals surface area (Å²) in [6.07, 6.45) is 0. The Labute approximate surface area is 165 Å². The highest BCUT2D eigenvalue weighted by atomic mass is 127. The number of rotatable bonds is 5. The van der Waals surface area contributed by atoms with E-state index in [-0.39, 0.29) is 10.6 Å². The maximum Gasteiger partial charge on any atom is 0.256 e. The molecule has 0 aromatic heterocycles. The molecule has 0 heterocycles. The molecule has 0 aliphatic rings. The van der Waals surface area contributed by atoms with E-state index in [0.717, 1.165) is 4.31 Å². The van der Waals surface area contributed by atoms with Crippen LogP contribution in [0.1, 0.15) is 10.4 Å². The summed E-state index contributed by atoms with van der Waals surface area (Å²) in [7, 11) is 0.687. The monoisotopic (exact) mass is 494 g/mol. The molecule has 0 spiro atoms. The fraction of sp³-hybridized carbons (Fsp3) is 0.188. The number of nitrogens with zero attached hydrogens (tertiary/aromatic N) is 1. The second-order valence-electron chi connectivity index (χ2n) is 5.23. The number of sulfonamides is 1. The quantitative estimate of drug-likeness (QED) is 0.646. The van der Waals surface area contributed by atoms with Crippen molar-refractivity contribution in [3.8, 4) is 5.75 Å². The third-order valence-corrected chi connectivity index (χ3v) is 6.31. The molecular formula is C16H16ClIN2O4S. The van der Waals surface area contributed by atoms with Gasteiger partial charge in [0.25, 0.3) is 5.91 Å². The highest BCUT2D eigenvalue weighted by Gasteiger charge is 2.20. The number of hydrogen-bond donors (Lipinski definition) is 1. The Bertz CT molecular complexity index is 916. The summed E-state index contributed by atoms with van der Waals surface area (Å²) in [5.74, 6) is -0.0335. The average molecular weight is 495 g/mol. The topological polar surface area (TPSA) is 75.7 Å². The SMILES string of the molecule is COc1ccc(S(=O)(=O)N(C)C)cc1NC(=O)c1ccc(Cl)cc1I. The van der Waals surface area contributed by atoms with Crippen LogP contribution in [-0.2, 0) is 10.0 Å². The zero-order valence-electron chi connectivity index (χ0n) is 13.7. The standard InChI is InChI=1S/C16H16ClIN2O4S/c1-20(2)25(22,23)11-5-7-15(24-3)14(9-11)19-16(21)12-6-4-10(17)8-13(12)18/h4-9H,1-3H3,(H,19,21). The van der Waals surface area contributed by atoms with Crippen LogP contribution in [0.15, 0.2) is 41.3 Å². The molecule has 0 aliphatic carbocycles. The highest BCUT2D eigenvalue weighted by molar-refractivity contribution is 14.1. The molecule has 0 bridgehead atoms. The van der Waals surface area contributed by atoms with E-state index in [0.29, 0.717) is 19.9 Å². The van der Waals surface area contributed by atoms with Crippen LogP contribution in [0.3, 0.4) is 0 Å². The number of nitrogens with one attached hydrogen (secondary N) is 1. The van der Waals surface area contributed by atoms with E-state index in [1.165, 1.54) is 39.4 Å². The minimum Gasteiger partial charge on any atom is -0.495 e. The maximum absolute atomic E-state index is 12.5. The summed E-state index contributed by atoms with van der Waals surface area (Å²) in [5.41, 5.74) is 0.689. The van der Waals surface area contributed by atoms with E-state index in [2.05, 4.69) is 5.32 Å². The van der Waals surface area contributed by atoms with Gasteiger partial charge < -0.3 is 10.1 Å². The molecule has 0 atom stereocenters. The Kier molecular flexibility index (Phi) is 6.30. The lowest BCUT2D eigenvalue weighted by molar-refractivity contribution is 0.102. The van der Waals surface area contributed by atoms with Crippen molar-refractivity contribution in [1.29, 1.82) is 0 Å². The summed E-state index contributed by atoms with van der Waals surface area (Å²) < 4.78 is 31.6. The lowest BCUT2D eigenvalue weighted by Gasteiger charge is -2.15. The lowest BCUT2D eigenvalue weighted by Crippen LogP contribution is -2.22. The number of hydrogen-bond acceptors (Lipinski definition) is 4. The minimum atomic E-state index is -3.63. The van der Waals surface area contributed by atoms with Crippen molar-refractivity contribution >= 4 is 55.8 Å². The molecule has 6 nitrogen and oxygen atoms in total. The number of halogens is 2. The number of carbonyl (C=O) groups excluding carboxylic acids is 1. The first-order chi connectivity index (χ1) is 11.7. The van der Waals surface area contributed by atoms with Gasteiger partial charge in [0.2, 0.25) is 10.0 Å². The molecule has 134 valence electrons. The number of methoxy groups -OCH3 is 1. The van der Waals surface area contributed by atoms with Crippen molar-refractivity contribution in [3.05, 3.63) is 50.6 Å². The van der Waals surface area contributed by atoms with E-state index in [1.807, 2.05) is 22.6 Å². The van der Waals surface area contributed by atoms with Gasteiger partial charge in [-0.2, -0.15) is 0 Å². The van der Waals surface area contributed by atoms with Crippen molar-refractivity contribution in [2.45, 2.75) is 4.90 Å². The van der Waals surface area contributed by atoms with Crippen molar-refractivity contribution in [3.63, 3.8) is 0 Å².